The van der Waals surface area contributed by atoms with Gasteiger partial charge in [0.2, 0.25) is 0 Å². The van der Waals surface area contributed by atoms with E-state index in [1.54, 1.807) is 0 Å². The minimum absolute atomic E-state index is 1.09. The van der Waals surface area contributed by atoms with Crippen LogP contribution >= 0.6 is 0 Å². The SMILES string of the molecule is C=CN[Si](CC)(CC)CC. The molecule has 1 nitrogen and oxygen atoms in total. The summed E-state index contributed by atoms with van der Waals surface area (Å²) in [6, 6.07) is 3.93. The second-order valence-electron chi connectivity index (χ2n) is 2.69. The van der Waals surface area contributed by atoms with E-state index < -0.39 is 8.24 Å². The van der Waals surface area contributed by atoms with E-state index in [1.807, 2.05) is 6.20 Å². The third-order valence-electron chi connectivity index (χ3n) is 2.44. The topological polar surface area (TPSA) is 12.0 Å². The highest BCUT2D eigenvalue weighted by molar-refractivity contribution is 6.77. The molecule has 1 N–H and O–H groups in total. The van der Waals surface area contributed by atoms with Crippen molar-refractivity contribution in [1.29, 1.82) is 0 Å². The quantitative estimate of drug-likeness (QED) is 0.605. The van der Waals surface area contributed by atoms with Crippen LogP contribution in [-0.2, 0) is 0 Å². The smallest absolute Gasteiger partial charge is 0.152 e. The molecule has 0 aliphatic heterocycles. The summed E-state index contributed by atoms with van der Waals surface area (Å²) in [4.78, 5) is 3.45. The standard InChI is InChI=1S/C8H19NSi/c1-5-9-10(6-2,7-3)8-4/h5,9H,1,6-8H2,2-4H3. The second kappa shape index (κ2) is 4.55. The maximum absolute atomic E-state index is 3.71. The van der Waals surface area contributed by atoms with Gasteiger partial charge in [-0.1, -0.05) is 27.4 Å². The van der Waals surface area contributed by atoms with Crippen LogP contribution in [0.5, 0.6) is 0 Å². The molecule has 0 heterocycles. The third kappa shape index (κ3) is 2.18. The molecule has 60 valence electrons. The molecule has 10 heavy (non-hydrogen) atoms. The van der Waals surface area contributed by atoms with Gasteiger partial charge in [-0.15, -0.1) is 0 Å². The Morgan fingerprint density at radius 3 is 1.70 bits per heavy atom. The molecule has 0 fully saturated rings. The first kappa shape index (κ1) is 9.76. The van der Waals surface area contributed by atoms with Gasteiger partial charge in [0.25, 0.3) is 0 Å². The van der Waals surface area contributed by atoms with Crippen LogP contribution in [0.4, 0.5) is 0 Å². The van der Waals surface area contributed by atoms with Gasteiger partial charge in [0.1, 0.15) is 0 Å². The Labute approximate surface area is 65.6 Å². The lowest BCUT2D eigenvalue weighted by Crippen LogP contribution is -2.45. The van der Waals surface area contributed by atoms with Gasteiger partial charge in [-0.05, 0) is 24.3 Å². The average molecular weight is 157 g/mol. The third-order valence-corrected chi connectivity index (χ3v) is 7.32. The average Bonchev–Trinajstić information content (AvgIpc) is 2.01. The molecule has 0 unspecified atom stereocenters. The fourth-order valence-electron chi connectivity index (χ4n) is 1.27. The Kier molecular flexibility index (Phi) is 4.44. The molecule has 0 aromatic rings. The van der Waals surface area contributed by atoms with Gasteiger partial charge in [0.15, 0.2) is 8.24 Å². The van der Waals surface area contributed by atoms with Crippen LogP contribution in [0.3, 0.4) is 0 Å². The first-order chi connectivity index (χ1) is 4.74. The lowest BCUT2D eigenvalue weighted by atomic mass is 10.9. The molecule has 2 heteroatoms. The van der Waals surface area contributed by atoms with Gasteiger partial charge in [0.05, 0.1) is 0 Å². The van der Waals surface area contributed by atoms with Crippen LogP contribution in [0.25, 0.3) is 0 Å². The van der Waals surface area contributed by atoms with Crippen molar-refractivity contribution in [3.8, 4) is 0 Å². The van der Waals surface area contributed by atoms with Crippen LogP contribution in [0, 0.1) is 0 Å². The molecule has 0 aromatic carbocycles. The van der Waals surface area contributed by atoms with Gasteiger partial charge in [-0.2, -0.15) is 0 Å². The summed E-state index contributed by atoms with van der Waals surface area (Å²) in [7, 11) is -1.09. The van der Waals surface area contributed by atoms with E-state index in [2.05, 4.69) is 32.3 Å². The Bertz CT molecular complexity index is 89.2. The highest BCUT2D eigenvalue weighted by atomic mass is 28.3. The highest BCUT2D eigenvalue weighted by Gasteiger charge is 2.24. The van der Waals surface area contributed by atoms with Crippen LogP contribution in [0.2, 0.25) is 18.1 Å². The van der Waals surface area contributed by atoms with Crippen molar-refractivity contribution in [1.82, 2.24) is 4.98 Å². The second-order valence-corrected chi connectivity index (χ2v) is 7.66. The number of hydrogen-bond acceptors (Lipinski definition) is 1. The molecule has 0 saturated heterocycles. The van der Waals surface area contributed by atoms with Gasteiger partial charge < -0.3 is 4.98 Å². The van der Waals surface area contributed by atoms with Gasteiger partial charge >= 0.3 is 0 Å². The van der Waals surface area contributed by atoms with E-state index in [-0.39, 0.29) is 0 Å². The first-order valence-electron chi connectivity index (χ1n) is 4.13. The van der Waals surface area contributed by atoms with E-state index in [9.17, 15) is 0 Å². The van der Waals surface area contributed by atoms with Crippen LogP contribution in [0.15, 0.2) is 12.8 Å². The van der Waals surface area contributed by atoms with E-state index in [0.29, 0.717) is 0 Å². The monoisotopic (exact) mass is 157 g/mol. The largest absolute Gasteiger partial charge is 0.416 e. The van der Waals surface area contributed by atoms with Crippen molar-refractivity contribution >= 4 is 8.24 Å². The van der Waals surface area contributed by atoms with Crippen molar-refractivity contribution in [3.05, 3.63) is 12.8 Å². The minimum atomic E-state index is -1.09. The fourth-order valence-corrected chi connectivity index (χ4v) is 3.82. The van der Waals surface area contributed by atoms with E-state index in [1.165, 1.54) is 18.1 Å². The maximum Gasteiger partial charge on any atom is 0.152 e. The fraction of sp³-hybridized carbons (Fsp3) is 0.750. The van der Waals surface area contributed by atoms with Crippen LogP contribution in [0.1, 0.15) is 20.8 Å². The van der Waals surface area contributed by atoms with Gasteiger partial charge in [-0.3, -0.25) is 0 Å². The number of hydrogen-bond donors (Lipinski definition) is 1. The molecule has 0 saturated carbocycles. The summed E-state index contributed by atoms with van der Waals surface area (Å²) in [5.41, 5.74) is 0. The summed E-state index contributed by atoms with van der Waals surface area (Å²) in [6.07, 6.45) is 1.86. The van der Waals surface area contributed by atoms with Gasteiger partial charge in [-0.25, -0.2) is 0 Å². The summed E-state index contributed by atoms with van der Waals surface area (Å²) < 4.78 is 0. The molecule has 0 bridgehead atoms. The summed E-state index contributed by atoms with van der Waals surface area (Å²) >= 11 is 0. The first-order valence-corrected chi connectivity index (χ1v) is 6.75. The Hall–Kier alpha value is -0.243. The molecule has 0 atom stereocenters. The van der Waals surface area contributed by atoms with E-state index >= 15 is 0 Å². The Morgan fingerprint density at radius 2 is 1.60 bits per heavy atom. The minimum Gasteiger partial charge on any atom is -0.416 e. The van der Waals surface area contributed by atoms with E-state index in [4.69, 9.17) is 0 Å². The highest BCUT2D eigenvalue weighted by Crippen LogP contribution is 2.15. The Morgan fingerprint density at radius 1 is 1.20 bits per heavy atom. The van der Waals surface area contributed by atoms with Crippen LogP contribution in [-0.4, -0.2) is 8.24 Å². The van der Waals surface area contributed by atoms with Gasteiger partial charge in [0, 0.05) is 0 Å². The summed E-state index contributed by atoms with van der Waals surface area (Å²) in [5.74, 6) is 0. The lowest BCUT2D eigenvalue weighted by molar-refractivity contribution is 1.06. The molecule has 0 aromatic heterocycles. The molecule has 0 aliphatic carbocycles. The molecule has 0 rings (SSSR count). The lowest BCUT2D eigenvalue weighted by Gasteiger charge is -2.27. The zero-order valence-corrected chi connectivity index (χ0v) is 8.41. The number of rotatable bonds is 5. The zero-order valence-electron chi connectivity index (χ0n) is 7.41. The molecular formula is C8H19NSi. The Balaban J connectivity index is 4.00. The zero-order chi connectivity index (χ0) is 8.04. The molecule has 0 spiro atoms. The van der Waals surface area contributed by atoms with Crippen molar-refractivity contribution < 1.29 is 0 Å². The summed E-state index contributed by atoms with van der Waals surface area (Å²) in [6.45, 7) is 10.5. The van der Waals surface area contributed by atoms with Crippen molar-refractivity contribution in [3.63, 3.8) is 0 Å². The van der Waals surface area contributed by atoms with E-state index in [0.717, 1.165) is 0 Å². The molecule has 0 radical (unpaired) electrons. The van der Waals surface area contributed by atoms with Crippen molar-refractivity contribution in [2.24, 2.45) is 0 Å². The normalized spacial score (nSPS) is 11.1. The van der Waals surface area contributed by atoms with Crippen molar-refractivity contribution in [2.45, 2.75) is 38.9 Å². The molecular weight excluding hydrogens is 138 g/mol. The molecule has 0 amide bonds. The summed E-state index contributed by atoms with van der Waals surface area (Å²) in [5, 5.41) is 0. The predicted octanol–water partition coefficient (Wildman–Crippen LogP) is 2.72. The number of nitrogens with one attached hydrogen (secondary N) is 1. The predicted molar refractivity (Wildman–Crippen MR) is 50.5 cm³/mol. The van der Waals surface area contributed by atoms with Crippen molar-refractivity contribution in [2.75, 3.05) is 0 Å². The van der Waals surface area contributed by atoms with Crippen LogP contribution < -0.4 is 4.98 Å². The maximum atomic E-state index is 3.71. The molecule has 0 aliphatic rings.